The van der Waals surface area contributed by atoms with E-state index in [2.05, 4.69) is 5.32 Å². The fourth-order valence-corrected chi connectivity index (χ4v) is 4.28. The van der Waals surface area contributed by atoms with Crippen molar-refractivity contribution in [3.63, 3.8) is 0 Å². The molecule has 2 aromatic carbocycles. The first-order valence-corrected chi connectivity index (χ1v) is 10.6. The molecule has 0 radical (unpaired) electrons. The third-order valence-corrected chi connectivity index (χ3v) is 6.30. The number of benzene rings is 2. The second-order valence-corrected chi connectivity index (χ2v) is 8.78. The molecule has 1 heterocycles. The maximum Gasteiger partial charge on any atom is 0.227 e. The molecule has 1 aliphatic heterocycles. The highest BCUT2D eigenvalue weighted by molar-refractivity contribution is 7.91. The van der Waals surface area contributed by atoms with Gasteiger partial charge in [0.05, 0.1) is 22.0 Å². The van der Waals surface area contributed by atoms with Crippen molar-refractivity contribution in [1.29, 1.82) is 0 Å². The van der Waals surface area contributed by atoms with Crippen LogP contribution in [0, 0.1) is 0 Å². The van der Waals surface area contributed by atoms with E-state index in [0.717, 1.165) is 6.42 Å². The fraction of sp³-hybridized carbons (Fsp3) is 0.263. The zero-order chi connectivity index (χ0) is 19.4. The van der Waals surface area contributed by atoms with Crippen molar-refractivity contribution in [3.8, 4) is 0 Å². The first kappa shape index (κ1) is 19.4. The summed E-state index contributed by atoms with van der Waals surface area (Å²) in [7, 11) is -3.58. The van der Waals surface area contributed by atoms with E-state index in [0.29, 0.717) is 29.4 Å². The van der Waals surface area contributed by atoms with Gasteiger partial charge in [0.25, 0.3) is 0 Å². The summed E-state index contributed by atoms with van der Waals surface area (Å²) in [6.45, 7) is 0.608. The van der Waals surface area contributed by atoms with Crippen LogP contribution in [0.25, 0.3) is 0 Å². The fourth-order valence-electron chi connectivity index (χ4n) is 2.92. The largest absolute Gasteiger partial charge is 0.324 e. The monoisotopic (exact) mass is 406 g/mol. The Morgan fingerprint density at radius 3 is 2.48 bits per heavy atom. The maximum absolute atomic E-state index is 12.3. The summed E-state index contributed by atoms with van der Waals surface area (Å²) in [6.07, 6.45) is 1.08. The van der Waals surface area contributed by atoms with Crippen LogP contribution in [0.5, 0.6) is 0 Å². The number of sulfone groups is 1. The van der Waals surface area contributed by atoms with Gasteiger partial charge in [0, 0.05) is 24.4 Å². The number of carbonyl (C=O) groups is 2. The van der Waals surface area contributed by atoms with E-state index in [1.54, 1.807) is 29.2 Å². The van der Waals surface area contributed by atoms with E-state index < -0.39 is 15.7 Å². The van der Waals surface area contributed by atoms with Crippen molar-refractivity contribution in [1.82, 2.24) is 0 Å². The number of amides is 2. The van der Waals surface area contributed by atoms with Gasteiger partial charge in [0.15, 0.2) is 9.84 Å². The zero-order valence-electron chi connectivity index (χ0n) is 14.5. The Morgan fingerprint density at radius 1 is 1.11 bits per heavy atom. The molecule has 0 aliphatic carbocycles. The Hall–Kier alpha value is -2.38. The molecule has 0 saturated carbocycles. The molecule has 3 rings (SSSR count). The minimum atomic E-state index is -3.58. The molecule has 8 heteroatoms. The number of nitrogens with zero attached hydrogens (tertiary/aromatic N) is 1. The minimum Gasteiger partial charge on any atom is -0.324 e. The van der Waals surface area contributed by atoms with Gasteiger partial charge in [0.1, 0.15) is 0 Å². The second-order valence-electron chi connectivity index (χ2n) is 6.24. The van der Waals surface area contributed by atoms with Gasteiger partial charge < -0.3 is 10.2 Å². The van der Waals surface area contributed by atoms with Crippen LogP contribution >= 0.6 is 11.6 Å². The standard InChI is InChI=1S/C19H19ClN2O4S/c20-14-7-9-15(10-8-14)27(25,26)13-11-18(23)21-16-4-1-2-5-17(16)22-12-3-6-19(22)24/h1-2,4-5,7-10H,3,6,11-13H2,(H,21,23). The third-order valence-electron chi connectivity index (χ3n) is 4.31. The number of para-hydroxylation sites is 2. The number of hydrogen-bond donors (Lipinski definition) is 1. The maximum atomic E-state index is 12.3. The molecule has 0 unspecified atom stereocenters. The van der Waals surface area contributed by atoms with E-state index in [1.165, 1.54) is 24.3 Å². The lowest BCUT2D eigenvalue weighted by atomic mass is 10.2. The van der Waals surface area contributed by atoms with E-state index in [4.69, 9.17) is 11.6 Å². The average molecular weight is 407 g/mol. The average Bonchev–Trinajstić information content (AvgIpc) is 3.07. The summed E-state index contributed by atoms with van der Waals surface area (Å²) in [4.78, 5) is 26.0. The number of rotatable bonds is 6. The highest BCUT2D eigenvalue weighted by atomic mass is 35.5. The van der Waals surface area contributed by atoms with Crippen molar-refractivity contribution in [2.75, 3.05) is 22.5 Å². The van der Waals surface area contributed by atoms with Gasteiger partial charge in [-0.3, -0.25) is 9.59 Å². The summed E-state index contributed by atoms with van der Waals surface area (Å²) in [5, 5.41) is 3.17. The lowest BCUT2D eigenvalue weighted by Crippen LogP contribution is -2.26. The molecule has 142 valence electrons. The Balaban J connectivity index is 1.66. The first-order chi connectivity index (χ1) is 12.9. The van der Waals surface area contributed by atoms with Gasteiger partial charge in [-0.15, -0.1) is 0 Å². The van der Waals surface area contributed by atoms with Gasteiger partial charge in [-0.2, -0.15) is 0 Å². The lowest BCUT2D eigenvalue weighted by Gasteiger charge is -2.20. The lowest BCUT2D eigenvalue weighted by molar-refractivity contribution is -0.117. The predicted octanol–water partition coefficient (Wildman–Crippen LogP) is 3.27. The van der Waals surface area contributed by atoms with Gasteiger partial charge in [-0.05, 0) is 42.8 Å². The van der Waals surface area contributed by atoms with Crippen molar-refractivity contribution in [3.05, 3.63) is 53.6 Å². The van der Waals surface area contributed by atoms with E-state index in [9.17, 15) is 18.0 Å². The molecule has 1 fully saturated rings. The molecule has 0 bridgehead atoms. The van der Waals surface area contributed by atoms with Crippen LogP contribution in [-0.4, -0.2) is 32.5 Å². The van der Waals surface area contributed by atoms with Crippen LogP contribution in [0.3, 0.4) is 0 Å². The number of nitrogens with one attached hydrogen (secondary N) is 1. The minimum absolute atomic E-state index is 0.0158. The van der Waals surface area contributed by atoms with Crippen LogP contribution < -0.4 is 10.2 Å². The van der Waals surface area contributed by atoms with Crippen LogP contribution in [0.2, 0.25) is 5.02 Å². The Morgan fingerprint density at radius 2 is 1.81 bits per heavy atom. The molecule has 1 N–H and O–H groups in total. The summed E-state index contributed by atoms with van der Waals surface area (Å²) < 4.78 is 24.7. The van der Waals surface area contributed by atoms with Crippen LogP contribution in [0.4, 0.5) is 11.4 Å². The van der Waals surface area contributed by atoms with E-state index in [1.807, 2.05) is 0 Å². The number of carbonyl (C=O) groups excluding carboxylic acids is 2. The van der Waals surface area contributed by atoms with E-state index in [-0.39, 0.29) is 23.0 Å². The van der Waals surface area contributed by atoms with Gasteiger partial charge >= 0.3 is 0 Å². The van der Waals surface area contributed by atoms with Gasteiger partial charge in [0.2, 0.25) is 11.8 Å². The molecule has 1 aliphatic rings. The smallest absolute Gasteiger partial charge is 0.227 e. The highest BCUT2D eigenvalue weighted by Gasteiger charge is 2.24. The number of anilines is 2. The summed E-state index contributed by atoms with van der Waals surface area (Å²) in [5.74, 6) is -0.723. The van der Waals surface area contributed by atoms with Crippen molar-refractivity contribution in [2.24, 2.45) is 0 Å². The number of hydrogen-bond acceptors (Lipinski definition) is 4. The van der Waals surface area contributed by atoms with E-state index >= 15 is 0 Å². The molecular formula is C19H19ClN2O4S. The molecular weight excluding hydrogens is 388 g/mol. The molecule has 2 amide bonds. The van der Waals surface area contributed by atoms with Crippen LogP contribution in [0.1, 0.15) is 19.3 Å². The number of halogens is 1. The van der Waals surface area contributed by atoms with Crippen molar-refractivity contribution in [2.45, 2.75) is 24.2 Å². The molecule has 1 saturated heterocycles. The van der Waals surface area contributed by atoms with Crippen LogP contribution in [-0.2, 0) is 19.4 Å². The second kappa shape index (κ2) is 8.10. The summed E-state index contributed by atoms with van der Waals surface area (Å²) >= 11 is 5.77. The SMILES string of the molecule is O=C(CCS(=O)(=O)c1ccc(Cl)cc1)Nc1ccccc1N1CCCC1=O. The topological polar surface area (TPSA) is 83.6 Å². The molecule has 0 atom stereocenters. The van der Waals surface area contributed by atoms with Crippen LogP contribution in [0.15, 0.2) is 53.4 Å². The molecule has 0 aromatic heterocycles. The normalized spacial score (nSPS) is 14.4. The highest BCUT2D eigenvalue weighted by Crippen LogP contribution is 2.29. The molecule has 6 nitrogen and oxygen atoms in total. The van der Waals surface area contributed by atoms with Gasteiger partial charge in [-0.1, -0.05) is 23.7 Å². The molecule has 2 aromatic rings. The Labute approximate surface area is 163 Å². The van der Waals surface area contributed by atoms with Crippen molar-refractivity contribution < 1.29 is 18.0 Å². The Bertz CT molecular complexity index is 958. The molecule has 27 heavy (non-hydrogen) atoms. The third kappa shape index (κ3) is 4.67. The zero-order valence-corrected chi connectivity index (χ0v) is 16.1. The van der Waals surface area contributed by atoms with Gasteiger partial charge in [-0.25, -0.2) is 8.42 Å². The molecule has 0 spiro atoms. The summed E-state index contributed by atoms with van der Waals surface area (Å²) in [5.41, 5.74) is 1.13. The van der Waals surface area contributed by atoms with Crippen molar-refractivity contribution >= 4 is 44.6 Å². The first-order valence-electron chi connectivity index (χ1n) is 8.54. The Kier molecular flexibility index (Phi) is 5.82. The quantitative estimate of drug-likeness (QED) is 0.797. The summed E-state index contributed by atoms with van der Waals surface area (Å²) in [6, 6.07) is 12.9. The predicted molar refractivity (Wildman–Crippen MR) is 105 cm³/mol.